The van der Waals surface area contributed by atoms with Gasteiger partial charge in [0.2, 0.25) is 0 Å². The van der Waals surface area contributed by atoms with Gasteiger partial charge in [-0.25, -0.2) is 9.59 Å². The fourth-order valence-corrected chi connectivity index (χ4v) is 2.22. The van der Waals surface area contributed by atoms with E-state index in [1.54, 1.807) is 18.2 Å². The largest absolute Gasteiger partial charge is 0.478 e. The van der Waals surface area contributed by atoms with Crippen molar-refractivity contribution in [3.63, 3.8) is 0 Å². The Kier molecular flexibility index (Phi) is 7.23. The van der Waals surface area contributed by atoms with Gasteiger partial charge in [-0.3, -0.25) is 0 Å². The van der Waals surface area contributed by atoms with Crippen molar-refractivity contribution in [2.24, 2.45) is 0 Å². The molecule has 0 spiro atoms. The first kappa shape index (κ1) is 17.0. The van der Waals surface area contributed by atoms with Crippen LogP contribution in [0.4, 0.5) is 0 Å². The number of carboxylic acids is 2. The Bertz CT molecular complexity index is 517. The van der Waals surface area contributed by atoms with Gasteiger partial charge in [0, 0.05) is 6.08 Å². The van der Waals surface area contributed by atoms with Crippen molar-refractivity contribution in [1.82, 2.24) is 0 Å². The minimum Gasteiger partial charge on any atom is -0.478 e. The van der Waals surface area contributed by atoms with Crippen molar-refractivity contribution in [1.29, 1.82) is 0 Å². The Morgan fingerprint density at radius 3 is 2.43 bits per heavy atom. The Hall–Kier alpha value is -2.10. The molecular weight excluding hydrogens is 268 g/mol. The van der Waals surface area contributed by atoms with Gasteiger partial charge >= 0.3 is 11.9 Å². The molecule has 114 valence electrons. The van der Waals surface area contributed by atoms with Crippen molar-refractivity contribution >= 4 is 17.5 Å². The van der Waals surface area contributed by atoms with Crippen LogP contribution in [0.2, 0.25) is 0 Å². The molecule has 0 bridgehead atoms. The van der Waals surface area contributed by atoms with E-state index in [2.05, 4.69) is 6.92 Å². The Labute approximate surface area is 125 Å². The summed E-state index contributed by atoms with van der Waals surface area (Å²) in [6, 6.07) is 7.12. The van der Waals surface area contributed by atoms with E-state index in [1.165, 1.54) is 19.3 Å². The molecular formula is C17H22O4. The van der Waals surface area contributed by atoms with Crippen LogP contribution in [0.3, 0.4) is 0 Å². The highest BCUT2D eigenvalue weighted by atomic mass is 16.4. The molecule has 0 heterocycles. The van der Waals surface area contributed by atoms with Crippen LogP contribution >= 0.6 is 0 Å². The molecule has 1 aromatic carbocycles. The zero-order chi connectivity index (χ0) is 15.7. The third kappa shape index (κ3) is 6.25. The summed E-state index contributed by atoms with van der Waals surface area (Å²) in [6.07, 6.45) is 7.51. The van der Waals surface area contributed by atoms with E-state index >= 15 is 0 Å². The van der Waals surface area contributed by atoms with Gasteiger partial charge in [0.15, 0.2) is 0 Å². The molecule has 4 nitrogen and oxygen atoms in total. The molecule has 21 heavy (non-hydrogen) atoms. The molecule has 0 aliphatic carbocycles. The van der Waals surface area contributed by atoms with Gasteiger partial charge in [0.05, 0.1) is 5.57 Å². The summed E-state index contributed by atoms with van der Waals surface area (Å²) in [5.41, 5.74) is 1.30. The predicted molar refractivity (Wildman–Crippen MR) is 82.2 cm³/mol. The molecule has 1 rings (SSSR count). The SMILES string of the molecule is CCCCCCCc1cccc(/C(=C/C(=O)O)C(=O)O)c1. The number of aryl methyl sites for hydroxylation is 1. The van der Waals surface area contributed by atoms with Gasteiger partial charge in [0.25, 0.3) is 0 Å². The average Bonchev–Trinajstić information content (AvgIpc) is 2.44. The van der Waals surface area contributed by atoms with Gasteiger partial charge in [-0.15, -0.1) is 0 Å². The summed E-state index contributed by atoms with van der Waals surface area (Å²) in [4.78, 5) is 21.9. The van der Waals surface area contributed by atoms with Gasteiger partial charge in [-0.2, -0.15) is 0 Å². The smallest absolute Gasteiger partial charge is 0.336 e. The Morgan fingerprint density at radius 2 is 1.81 bits per heavy atom. The minimum atomic E-state index is -1.25. The van der Waals surface area contributed by atoms with Crippen LogP contribution in [-0.2, 0) is 16.0 Å². The molecule has 0 fully saturated rings. The van der Waals surface area contributed by atoms with Crippen molar-refractivity contribution in [2.75, 3.05) is 0 Å². The van der Waals surface area contributed by atoms with E-state index in [0.29, 0.717) is 5.56 Å². The topological polar surface area (TPSA) is 74.6 Å². The van der Waals surface area contributed by atoms with Crippen LogP contribution < -0.4 is 0 Å². The zero-order valence-corrected chi connectivity index (χ0v) is 12.3. The summed E-state index contributed by atoms with van der Waals surface area (Å²) in [5.74, 6) is -2.48. The van der Waals surface area contributed by atoms with E-state index in [0.717, 1.165) is 30.9 Å². The first-order valence-corrected chi connectivity index (χ1v) is 7.31. The molecule has 0 radical (unpaired) electrons. The number of carboxylic acid groups (broad SMARTS) is 2. The monoisotopic (exact) mass is 290 g/mol. The summed E-state index contributed by atoms with van der Waals surface area (Å²) in [6.45, 7) is 2.17. The van der Waals surface area contributed by atoms with Gasteiger partial charge < -0.3 is 10.2 Å². The first-order chi connectivity index (χ1) is 10.0. The van der Waals surface area contributed by atoms with E-state index in [-0.39, 0.29) is 5.57 Å². The molecule has 0 aliphatic heterocycles. The summed E-state index contributed by atoms with van der Waals surface area (Å²) < 4.78 is 0. The van der Waals surface area contributed by atoms with Crippen LogP contribution in [0.15, 0.2) is 30.3 Å². The molecule has 0 atom stereocenters. The van der Waals surface area contributed by atoms with Crippen LogP contribution in [0, 0.1) is 0 Å². The molecule has 0 unspecified atom stereocenters. The van der Waals surface area contributed by atoms with Crippen LogP contribution in [0.5, 0.6) is 0 Å². The molecule has 0 saturated carbocycles. The van der Waals surface area contributed by atoms with Crippen molar-refractivity contribution in [3.8, 4) is 0 Å². The predicted octanol–water partition coefficient (Wildman–Crippen LogP) is 3.75. The number of benzene rings is 1. The first-order valence-electron chi connectivity index (χ1n) is 7.31. The number of unbranched alkanes of at least 4 members (excludes halogenated alkanes) is 4. The standard InChI is InChI=1S/C17H22O4/c1-2-3-4-5-6-8-13-9-7-10-14(11-13)15(17(20)21)12-16(18)19/h7,9-12H,2-6,8H2,1H3,(H,18,19)(H,20,21)/b15-12-. The Morgan fingerprint density at radius 1 is 1.10 bits per heavy atom. The second-order valence-corrected chi connectivity index (χ2v) is 5.07. The number of rotatable bonds is 9. The lowest BCUT2D eigenvalue weighted by molar-refractivity contribution is -0.133. The fourth-order valence-electron chi connectivity index (χ4n) is 2.22. The van der Waals surface area contributed by atoms with Crippen molar-refractivity contribution in [2.45, 2.75) is 45.4 Å². The van der Waals surface area contributed by atoms with E-state index in [4.69, 9.17) is 10.2 Å². The fraction of sp³-hybridized carbons (Fsp3) is 0.412. The maximum absolute atomic E-state index is 11.1. The Balaban J connectivity index is 2.75. The summed E-state index contributed by atoms with van der Waals surface area (Å²) in [5, 5.41) is 17.9. The van der Waals surface area contributed by atoms with E-state index < -0.39 is 11.9 Å². The zero-order valence-electron chi connectivity index (χ0n) is 12.3. The highest BCUT2D eigenvalue weighted by molar-refractivity contribution is 6.19. The lowest BCUT2D eigenvalue weighted by Gasteiger charge is -2.06. The number of hydrogen-bond donors (Lipinski definition) is 2. The normalized spacial score (nSPS) is 11.4. The second-order valence-electron chi connectivity index (χ2n) is 5.07. The quantitative estimate of drug-likeness (QED) is 0.536. The maximum atomic E-state index is 11.1. The number of hydrogen-bond acceptors (Lipinski definition) is 2. The summed E-state index contributed by atoms with van der Waals surface area (Å²) >= 11 is 0. The molecule has 0 saturated heterocycles. The minimum absolute atomic E-state index is 0.185. The number of carbonyl (C=O) groups is 2. The van der Waals surface area contributed by atoms with E-state index in [9.17, 15) is 9.59 Å². The molecule has 2 N–H and O–H groups in total. The second kappa shape index (κ2) is 8.95. The molecule has 0 amide bonds. The van der Waals surface area contributed by atoms with Crippen molar-refractivity contribution < 1.29 is 19.8 Å². The molecule has 4 heteroatoms. The third-order valence-electron chi connectivity index (χ3n) is 3.31. The van der Waals surface area contributed by atoms with Crippen molar-refractivity contribution in [3.05, 3.63) is 41.5 Å². The third-order valence-corrected chi connectivity index (χ3v) is 3.31. The average molecular weight is 290 g/mol. The highest BCUT2D eigenvalue weighted by Crippen LogP contribution is 2.18. The highest BCUT2D eigenvalue weighted by Gasteiger charge is 2.12. The molecule has 1 aromatic rings. The van der Waals surface area contributed by atoms with Gasteiger partial charge in [0.1, 0.15) is 0 Å². The lowest BCUT2D eigenvalue weighted by Crippen LogP contribution is -2.03. The molecule has 0 aromatic heterocycles. The van der Waals surface area contributed by atoms with E-state index in [1.807, 2.05) is 6.07 Å². The molecule has 0 aliphatic rings. The van der Waals surface area contributed by atoms with Crippen LogP contribution in [-0.4, -0.2) is 22.2 Å². The van der Waals surface area contributed by atoms with Crippen LogP contribution in [0.25, 0.3) is 5.57 Å². The van der Waals surface area contributed by atoms with Gasteiger partial charge in [-0.05, 0) is 24.0 Å². The van der Waals surface area contributed by atoms with Gasteiger partial charge in [-0.1, -0.05) is 56.9 Å². The maximum Gasteiger partial charge on any atom is 0.336 e. The van der Waals surface area contributed by atoms with Crippen LogP contribution in [0.1, 0.15) is 50.2 Å². The number of aliphatic carboxylic acids is 2. The lowest BCUT2D eigenvalue weighted by atomic mass is 9.99. The summed E-state index contributed by atoms with van der Waals surface area (Å²) in [7, 11) is 0.